The molecule has 1 aliphatic heterocycles. The molecule has 1 aromatic heterocycles. The van der Waals surface area contributed by atoms with Crippen molar-refractivity contribution in [3.63, 3.8) is 0 Å². The molecule has 0 bridgehead atoms. The van der Waals surface area contributed by atoms with E-state index in [1.165, 1.54) is 0 Å². The zero-order chi connectivity index (χ0) is 14.4. The summed E-state index contributed by atoms with van der Waals surface area (Å²) in [6, 6.07) is 2.69. The van der Waals surface area contributed by atoms with E-state index in [-0.39, 0.29) is 5.41 Å². The molecular formula is C13H21N5OS. The second-order valence-electron chi connectivity index (χ2n) is 5.70. The molecule has 7 heteroatoms. The fraction of sp³-hybridized carbons (Fsp3) is 0.846. The number of rotatable bonds is 6. The molecule has 0 aromatic carbocycles. The zero-order valence-corrected chi connectivity index (χ0v) is 12.9. The van der Waals surface area contributed by atoms with Crippen molar-refractivity contribution in [2.45, 2.75) is 50.7 Å². The summed E-state index contributed by atoms with van der Waals surface area (Å²) in [5.74, 6) is 0.939. The molecule has 1 aromatic rings. The third-order valence-corrected chi connectivity index (χ3v) is 4.50. The summed E-state index contributed by atoms with van der Waals surface area (Å²) < 4.78 is 7.30. The Morgan fingerprint density at radius 2 is 2.20 bits per heavy atom. The van der Waals surface area contributed by atoms with Crippen LogP contribution < -0.4 is 0 Å². The molecular weight excluding hydrogens is 274 g/mol. The van der Waals surface area contributed by atoms with Crippen molar-refractivity contribution < 1.29 is 4.74 Å². The number of thioether (sulfide) groups is 1. The van der Waals surface area contributed by atoms with E-state index in [2.05, 4.69) is 21.6 Å². The minimum absolute atomic E-state index is 0.243. The lowest BCUT2D eigenvalue weighted by Crippen LogP contribution is -2.21. The summed E-state index contributed by atoms with van der Waals surface area (Å²) in [6.07, 6.45) is 3.83. The predicted octanol–water partition coefficient (Wildman–Crippen LogP) is 2.45. The Morgan fingerprint density at radius 1 is 1.45 bits per heavy atom. The monoisotopic (exact) mass is 295 g/mol. The van der Waals surface area contributed by atoms with Gasteiger partial charge in [0.2, 0.25) is 5.16 Å². The highest BCUT2D eigenvalue weighted by Gasteiger charge is 2.21. The van der Waals surface area contributed by atoms with Gasteiger partial charge in [-0.2, -0.15) is 5.26 Å². The van der Waals surface area contributed by atoms with Crippen LogP contribution in [-0.4, -0.2) is 39.2 Å². The third-order valence-electron chi connectivity index (χ3n) is 3.48. The van der Waals surface area contributed by atoms with Crippen molar-refractivity contribution in [3.8, 4) is 6.07 Å². The van der Waals surface area contributed by atoms with Crippen LogP contribution >= 0.6 is 11.8 Å². The fourth-order valence-electron chi connectivity index (χ4n) is 2.17. The third kappa shape index (κ3) is 4.18. The maximum absolute atomic E-state index is 8.99. The van der Waals surface area contributed by atoms with Crippen LogP contribution in [-0.2, 0) is 4.74 Å². The van der Waals surface area contributed by atoms with Crippen molar-refractivity contribution in [2.75, 3.05) is 19.0 Å². The van der Waals surface area contributed by atoms with Crippen LogP contribution in [0.4, 0.5) is 0 Å². The van der Waals surface area contributed by atoms with Crippen molar-refractivity contribution in [1.82, 2.24) is 20.2 Å². The number of hydrogen-bond acceptors (Lipinski definition) is 6. The molecule has 2 heterocycles. The van der Waals surface area contributed by atoms with Crippen LogP contribution in [0, 0.1) is 16.7 Å². The maximum atomic E-state index is 8.99. The largest absolute Gasteiger partial charge is 0.381 e. The topological polar surface area (TPSA) is 76.6 Å². The Balaban J connectivity index is 1.82. The van der Waals surface area contributed by atoms with Gasteiger partial charge in [0.25, 0.3) is 0 Å². The highest BCUT2D eigenvalue weighted by atomic mass is 32.2. The van der Waals surface area contributed by atoms with Crippen molar-refractivity contribution in [3.05, 3.63) is 0 Å². The number of nitrogens with zero attached hydrogens (tertiary/aromatic N) is 5. The van der Waals surface area contributed by atoms with Gasteiger partial charge in [-0.25, -0.2) is 4.68 Å². The quantitative estimate of drug-likeness (QED) is 0.592. The van der Waals surface area contributed by atoms with Crippen molar-refractivity contribution in [2.24, 2.45) is 5.41 Å². The van der Waals surface area contributed by atoms with E-state index in [0.29, 0.717) is 6.04 Å². The van der Waals surface area contributed by atoms with Gasteiger partial charge in [-0.05, 0) is 50.0 Å². The lowest BCUT2D eigenvalue weighted by molar-refractivity contribution is 0.0631. The predicted molar refractivity (Wildman–Crippen MR) is 76.3 cm³/mol. The molecule has 0 atom stereocenters. The summed E-state index contributed by atoms with van der Waals surface area (Å²) in [5.41, 5.74) is -0.243. The number of aromatic nitrogens is 4. The Hall–Kier alpha value is -1.13. The average molecular weight is 295 g/mol. The van der Waals surface area contributed by atoms with Crippen LogP contribution in [0.1, 0.15) is 45.6 Å². The van der Waals surface area contributed by atoms with E-state index >= 15 is 0 Å². The molecule has 110 valence electrons. The molecule has 1 aliphatic rings. The first kappa shape index (κ1) is 15.3. The first-order valence-electron chi connectivity index (χ1n) is 7.02. The van der Waals surface area contributed by atoms with Crippen molar-refractivity contribution >= 4 is 11.8 Å². The molecule has 6 nitrogen and oxygen atoms in total. The Bertz CT molecular complexity index is 462. The van der Waals surface area contributed by atoms with Gasteiger partial charge >= 0.3 is 0 Å². The first-order chi connectivity index (χ1) is 9.62. The summed E-state index contributed by atoms with van der Waals surface area (Å²) in [6.45, 7) is 5.52. The normalized spacial score (nSPS) is 17.1. The second-order valence-corrected chi connectivity index (χ2v) is 6.76. The zero-order valence-electron chi connectivity index (χ0n) is 12.1. The van der Waals surface area contributed by atoms with Crippen LogP contribution in [0.25, 0.3) is 0 Å². The second kappa shape index (κ2) is 7.04. The van der Waals surface area contributed by atoms with Crippen LogP contribution in [0.5, 0.6) is 0 Å². The number of tetrazole rings is 1. The molecule has 1 saturated heterocycles. The summed E-state index contributed by atoms with van der Waals surface area (Å²) >= 11 is 1.68. The van der Waals surface area contributed by atoms with Gasteiger partial charge in [-0.15, -0.1) is 5.10 Å². The van der Waals surface area contributed by atoms with E-state index in [1.54, 1.807) is 11.8 Å². The van der Waals surface area contributed by atoms with E-state index in [9.17, 15) is 0 Å². The molecule has 1 fully saturated rings. The van der Waals surface area contributed by atoms with E-state index < -0.39 is 0 Å². The van der Waals surface area contributed by atoms with Gasteiger partial charge in [0.15, 0.2) is 0 Å². The Morgan fingerprint density at radius 3 is 2.90 bits per heavy atom. The molecule has 0 spiro atoms. The lowest BCUT2D eigenvalue weighted by Gasteiger charge is -2.22. The summed E-state index contributed by atoms with van der Waals surface area (Å²) in [7, 11) is 0. The number of hydrogen-bond donors (Lipinski definition) is 0. The SMILES string of the molecule is CC(C)(C#N)CCCSc1nnnn1C1CCOCC1. The average Bonchev–Trinajstić information content (AvgIpc) is 2.93. The lowest BCUT2D eigenvalue weighted by atomic mass is 9.90. The molecule has 0 radical (unpaired) electrons. The Labute approximate surface area is 123 Å². The van der Waals surface area contributed by atoms with Crippen LogP contribution in [0.2, 0.25) is 0 Å². The van der Waals surface area contributed by atoms with Gasteiger partial charge < -0.3 is 4.74 Å². The fourth-order valence-corrected chi connectivity index (χ4v) is 3.06. The van der Waals surface area contributed by atoms with E-state index in [0.717, 1.165) is 49.8 Å². The minimum Gasteiger partial charge on any atom is -0.381 e. The molecule has 0 aliphatic carbocycles. The van der Waals surface area contributed by atoms with E-state index in [1.807, 2.05) is 18.5 Å². The summed E-state index contributed by atoms with van der Waals surface area (Å²) in [5, 5.41) is 21.9. The molecule has 0 amide bonds. The minimum atomic E-state index is -0.243. The Kier molecular flexibility index (Phi) is 5.38. The summed E-state index contributed by atoms with van der Waals surface area (Å²) in [4.78, 5) is 0. The van der Waals surface area contributed by atoms with Gasteiger partial charge in [0.1, 0.15) is 0 Å². The standard InChI is InChI=1S/C13H21N5OS/c1-13(2,10-14)6-3-9-20-12-15-16-17-18(12)11-4-7-19-8-5-11/h11H,3-9H2,1-2H3. The van der Waals surface area contributed by atoms with Gasteiger partial charge in [-0.1, -0.05) is 11.8 Å². The van der Waals surface area contributed by atoms with Crippen LogP contribution in [0.15, 0.2) is 5.16 Å². The molecule has 0 N–H and O–H groups in total. The van der Waals surface area contributed by atoms with E-state index in [4.69, 9.17) is 10.00 Å². The molecule has 2 rings (SSSR count). The number of nitriles is 1. The highest BCUT2D eigenvalue weighted by Crippen LogP contribution is 2.27. The van der Waals surface area contributed by atoms with Gasteiger partial charge in [0, 0.05) is 19.0 Å². The smallest absolute Gasteiger partial charge is 0.209 e. The molecule has 0 saturated carbocycles. The molecule has 20 heavy (non-hydrogen) atoms. The molecule has 0 unspecified atom stereocenters. The number of ether oxygens (including phenoxy) is 1. The van der Waals surface area contributed by atoms with Gasteiger partial charge in [-0.3, -0.25) is 0 Å². The van der Waals surface area contributed by atoms with Crippen LogP contribution in [0.3, 0.4) is 0 Å². The van der Waals surface area contributed by atoms with Gasteiger partial charge in [0.05, 0.1) is 17.5 Å². The highest BCUT2D eigenvalue weighted by molar-refractivity contribution is 7.99. The maximum Gasteiger partial charge on any atom is 0.209 e. The van der Waals surface area contributed by atoms with Crippen molar-refractivity contribution in [1.29, 1.82) is 5.26 Å². The first-order valence-corrected chi connectivity index (χ1v) is 8.00.